The van der Waals surface area contributed by atoms with Gasteiger partial charge in [-0.3, -0.25) is 0 Å². The van der Waals surface area contributed by atoms with E-state index in [1.54, 1.807) is 0 Å². The monoisotopic (exact) mass is 251 g/mol. The van der Waals surface area contributed by atoms with E-state index in [-0.39, 0.29) is 0 Å². The van der Waals surface area contributed by atoms with Gasteiger partial charge in [-0.2, -0.15) is 0 Å². The highest BCUT2D eigenvalue weighted by Crippen LogP contribution is 2.39. The summed E-state index contributed by atoms with van der Waals surface area (Å²) in [6.45, 7) is 6.72. The Morgan fingerprint density at radius 1 is 1.05 bits per heavy atom. The van der Waals surface area contributed by atoms with Crippen molar-refractivity contribution in [3.8, 4) is 0 Å². The third-order valence-electron chi connectivity index (χ3n) is 4.11. The molecule has 3 rings (SSSR count). The van der Waals surface area contributed by atoms with E-state index < -0.39 is 0 Å². The summed E-state index contributed by atoms with van der Waals surface area (Å²) in [4.78, 5) is 0. The molecule has 0 amide bonds. The van der Waals surface area contributed by atoms with Crippen molar-refractivity contribution in [1.29, 1.82) is 0 Å². The van der Waals surface area contributed by atoms with E-state index in [9.17, 15) is 0 Å². The van der Waals surface area contributed by atoms with Gasteiger partial charge in [-0.15, -0.1) is 0 Å². The van der Waals surface area contributed by atoms with Crippen molar-refractivity contribution in [2.24, 2.45) is 0 Å². The van der Waals surface area contributed by atoms with Crippen LogP contribution >= 0.6 is 0 Å². The van der Waals surface area contributed by atoms with Crippen molar-refractivity contribution in [1.82, 2.24) is 0 Å². The summed E-state index contributed by atoms with van der Waals surface area (Å²) < 4.78 is 0. The van der Waals surface area contributed by atoms with Crippen molar-refractivity contribution < 1.29 is 0 Å². The number of aryl methyl sites for hydroxylation is 1. The normalized spacial score (nSPS) is 17.4. The van der Waals surface area contributed by atoms with Crippen LogP contribution in [0.2, 0.25) is 0 Å². The Bertz CT molecular complexity index is 598. The second kappa shape index (κ2) is 4.73. The van der Waals surface area contributed by atoms with Crippen LogP contribution in [0.15, 0.2) is 42.5 Å². The summed E-state index contributed by atoms with van der Waals surface area (Å²) in [7, 11) is 0. The molecular formula is C18H21N. The van der Waals surface area contributed by atoms with Crippen LogP contribution in [0.1, 0.15) is 48.1 Å². The van der Waals surface area contributed by atoms with Gasteiger partial charge < -0.3 is 5.32 Å². The summed E-state index contributed by atoms with van der Waals surface area (Å²) in [5.41, 5.74) is 7.06. The molecule has 0 spiro atoms. The van der Waals surface area contributed by atoms with Gasteiger partial charge in [0.25, 0.3) is 0 Å². The molecule has 1 heteroatoms. The Labute approximate surface area is 115 Å². The Morgan fingerprint density at radius 3 is 2.58 bits per heavy atom. The minimum Gasteiger partial charge on any atom is -0.377 e. The van der Waals surface area contributed by atoms with Crippen LogP contribution in [0.4, 0.5) is 5.69 Å². The summed E-state index contributed by atoms with van der Waals surface area (Å²) >= 11 is 0. The standard InChI is InChI=1S/C18H21N/c1-12(2)15-10-6-8-14-11-17(19-18(14)15)16-9-5-4-7-13(16)3/h4-10,12,17,19H,11H2,1-3H3. The molecule has 1 nitrogen and oxygen atoms in total. The third-order valence-corrected chi connectivity index (χ3v) is 4.11. The molecule has 2 aromatic carbocycles. The second-order valence-corrected chi connectivity index (χ2v) is 5.79. The van der Waals surface area contributed by atoms with Crippen LogP contribution < -0.4 is 5.32 Å². The van der Waals surface area contributed by atoms with E-state index in [1.165, 1.54) is 27.9 Å². The van der Waals surface area contributed by atoms with Crippen molar-refractivity contribution >= 4 is 5.69 Å². The van der Waals surface area contributed by atoms with Gasteiger partial charge in [-0.25, -0.2) is 0 Å². The first-order valence-electron chi connectivity index (χ1n) is 7.10. The van der Waals surface area contributed by atoms with E-state index in [4.69, 9.17) is 0 Å². The van der Waals surface area contributed by atoms with Crippen molar-refractivity contribution in [2.75, 3.05) is 5.32 Å². The maximum absolute atomic E-state index is 3.74. The molecule has 2 aromatic rings. The number of rotatable bonds is 2. The van der Waals surface area contributed by atoms with E-state index in [1.807, 2.05) is 0 Å². The zero-order valence-electron chi connectivity index (χ0n) is 11.9. The molecule has 0 aliphatic carbocycles. The van der Waals surface area contributed by atoms with E-state index in [0.29, 0.717) is 12.0 Å². The van der Waals surface area contributed by atoms with Gasteiger partial charge in [-0.05, 0) is 41.5 Å². The first kappa shape index (κ1) is 12.3. The predicted molar refractivity (Wildman–Crippen MR) is 81.8 cm³/mol. The lowest BCUT2D eigenvalue weighted by molar-refractivity contribution is 0.814. The quantitative estimate of drug-likeness (QED) is 0.806. The van der Waals surface area contributed by atoms with E-state index >= 15 is 0 Å². The number of nitrogens with one attached hydrogen (secondary N) is 1. The number of hydrogen-bond donors (Lipinski definition) is 1. The average Bonchev–Trinajstić information content (AvgIpc) is 2.82. The third kappa shape index (κ3) is 2.14. The van der Waals surface area contributed by atoms with Crippen LogP contribution in [0.25, 0.3) is 0 Å². The highest BCUT2D eigenvalue weighted by Gasteiger charge is 2.25. The largest absolute Gasteiger partial charge is 0.377 e. The van der Waals surface area contributed by atoms with Crippen LogP contribution in [0.5, 0.6) is 0 Å². The first-order valence-corrected chi connectivity index (χ1v) is 7.10. The molecule has 19 heavy (non-hydrogen) atoms. The molecule has 1 heterocycles. The van der Waals surface area contributed by atoms with Gasteiger partial charge in [0.1, 0.15) is 0 Å². The minimum atomic E-state index is 0.427. The van der Waals surface area contributed by atoms with E-state index in [2.05, 4.69) is 68.6 Å². The number of fused-ring (bicyclic) bond motifs is 1. The molecule has 98 valence electrons. The molecule has 0 saturated carbocycles. The maximum atomic E-state index is 3.74. The topological polar surface area (TPSA) is 12.0 Å². The van der Waals surface area contributed by atoms with Crippen molar-refractivity contribution in [2.45, 2.75) is 39.2 Å². The van der Waals surface area contributed by atoms with Gasteiger partial charge in [0, 0.05) is 5.69 Å². The van der Waals surface area contributed by atoms with Gasteiger partial charge in [0.05, 0.1) is 6.04 Å². The number of para-hydroxylation sites is 1. The molecule has 1 N–H and O–H groups in total. The molecule has 0 fully saturated rings. The molecule has 1 aliphatic heterocycles. The smallest absolute Gasteiger partial charge is 0.0557 e. The van der Waals surface area contributed by atoms with Gasteiger partial charge >= 0.3 is 0 Å². The molecule has 0 radical (unpaired) electrons. The van der Waals surface area contributed by atoms with E-state index in [0.717, 1.165) is 6.42 Å². The molecule has 1 unspecified atom stereocenters. The molecule has 1 atom stereocenters. The first-order chi connectivity index (χ1) is 9.16. The molecule has 0 bridgehead atoms. The molecule has 0 saturated heterocycles. The van der Waals surface area contributed by atoms with Crippen LogP contribution in [-0.4, -0.2) is 0 Å². The summed E-state index contributed by atoms with van der Waals surface area (Å²) in [5.74, 6) is 0.568. The van der Waals surface area contributed by atoms with Crippen molar-refractivity contribution in [3.05, 3.63) is 64.7 Å². The maximum Gasteiger partial charge on any atom is 0.0557 e. The minimum absolute atomic E-state index is 0.427. The fraction of sp³-hybridized carbons (Fsp3) is 0.333. The fourth-order valence-corrected chi connectivity index (χ4v) is 3.06. The lowest BCUT2D eigenvalue weighted by Crippen LogP contribution is -2.08. The van der Waals surface area contributed by atoms with Crippen LogP contribution in [0.3, 0.4) is 0 Å². The Balaban J connectivity index is 1.97. The zero-order valence-corrected chi connectivity index (χ0v) is 11.9. The number of hydrogen-bond acceptors (Lipinski definition) is 1. The molecule has 0 aromatic heterocycles. The fourth-order valence-electron chi connectivity index (χ4n) is 3.06. The van der Waals surface area contributed by atoms with Gasteiger partial charge in [-0.1, -0.05) is 56.3 Å². The highest BCUT2D eigenvalue weighted by atomic mass is 15.0. The Morgan fingerprint density at radius 2 is 1.84 bits per heavy atom. The van der Waals surface area contributed by atoms with Gasteiger partial charge in [0.15, 0.2) is 0 Å². The lowest BCUT2D eigenvalue weighted by Gasteiger charge is -2.16. The highest BCUT2D eigenvalue weighted by molar-refractivity contribution is 5.64. The predicted octanol–water partition coefficient (Wildman–Crippen LogP) is 4.83. The average molecular weight is 251 g/mol. The Hall–Kier alpha value is -1.76. The zero-order chi connectivity index (χ0) is 13.4. The number of benzene rings is 2. The Kier molecular flexibility index (Phi) is 3.06. The molecule has 1 aliphatic rings. The van der Waals surface area contributed by atoms with Crippen LogP contribution in [0, 0.1) is 6.92 Å². The SMILES string of the molecule is Cc1ccccc1C1Cc2cccc(C(C)C)c2N1. The van der Waals surface area contributed by atoms with Crippen molar-refractivity contribution in [3.63, 3.8) is 0 Å². The van der Waals surface area contributed by atoms with Gasteiger partial charge in [0.2, 0.25) is 0 Å². The summed E-state index contributed by atoms with van der Waals surface area (Å²) in [6, 6.07) is 15.8. The summed E-state index contributed by atoms with van der Waals surface area (Å²) in [6.07, 6.45) is 1.10. The number of anilines is 1. The van der Waals surface area contributed by atoms with Crippen LogP contribution in [-0.2, 0) is 6.42 Å². The second-order valence-electron chi connectivity index (χ2n) is 5.79. The lowest BCUT2D eigenvalue weighted by atomic mass is 9.96. The molecular weight excluding hydrogens is 230 g/mol. The summed E-state index contributed by atoms with van der Waals surface area (Å²) in [5, 5.41) is 3.74.